The summed E-state index contributed by atoms with van der Waals surface area (Å²) in [5, 5.41) is -1.11. The van der Waals surface area contributed by atoms with Gasteiger partial charge in [-0.1, -0.05) is 19.8 Å². The quantitative estimate of drug-likeness (QED) is 0.706. The van der Waals surface area contributed by atoms with E-state index in [4.69, 9.17) is 0 Å². The van der Waals surface area contributed by atoms with E-state index in [-0.39, 0.29) is 11.7 Å². The molecule has 0 bridgehead atoms. The molecule has 6 nitrogen and oxygen atoms in total. The molecule has 21 heavy (non-hydrogen) atoms. The standard InChI is InChI=1S/C14H25NO5S/c1-11(14(17)20-3)10-21(18,19)12(2)13(16)15-8-6-4-5-7-9-15/h11-12H,4-10H2,1-3H3. The number of amides is 1. The van der Waals surface area contributed by atoms with E-state index in [1.165, 1.54) is 21.0 Å². The number of rotatable bonds is 5. The molecule has 1 heterocycles. The van der Waals surface area contributed by atoms with E-state index < -0.39 is 27.0 Å². The van der Waals surface area contributed by atoms with Crippen LogP contribution in [0.4, 0.5) is 0 Å². The SMILES string of the molecule is COC(=O)C(C)CS(=O)(=O)C(C)C(=O)N1CCCCCC1. The van der Waals surface area contributed by atoms with E-state index >= 15 is 0 Å². The Kier molecular flexibility index (Phi) is 6.64. The van der Waals surface area contributed by atoms with Crippen LogP contribution in [0.5, 0.6) is 0 Å². The first-order valence-electron chi connectivity index (χ1n) is 7.37. The Hall–Kier alpha value is -1.11. The van der Waals surface area contributed by atoms with Gasteiger partial charge in [0.2, 0.25) is 5.91 Å². The molecule has 0 spiro atoms. The Morgan fingerprint density at radius 2 is 1.62 bits per heavy atom. The first-order valence-corrected chi connectivity index (χ1v) is 9.09. The molecule has 1 amide bonds. The lowest BCUT2D eigenvalue weighted by Gasteiger charge is -2.24. The van der Waals surface area contributed by atoms with Gasteiger partial charge in [0.1, 0.15) is 5.25 Å². The summed E-state index contributed by atoms with van der Waals surface area (Å²) in [4.78, 5) is 25.3. The van der Waals surface area contributed by atoms with Crippen molar-refractivity contribution in [1.29, 1.82) is 0 Å². The number of likely N-dealkylation sites (tertiary alicyclic amines) is 1. The molecule has 0 radical (unpaired) electrons. The fraction of sp³-hybridized carbons (Fsp3) is 0.857. The highest BCUT2D eigenvalue weighted by Gasteiger charge is 2.34. The summed E-state index contributed by atoms with van der Waals surface area (Å²) in [6.45, 7) is 4.13. The molecular formula is C14H25NO5S. The third-order valence-corrected chi connectivity index (χ3v) is 6.13. The van der Waals surface area contributed by atoms with Gasteiger partial charge in [0.05, 0.1) is 18.8 Å². The van der Waals surface area contributed by atoms with E-state index in [0.717, 1.165) is 25.7 Å². The molecule has 1 aliphatic rings. The largest absolute Gasteiger partial charge is 0.469 e. The van der Waals surface area contributed by atoms with Crippen LogP contribution in [-0.2, 0) is 24.2 Å². The molecule has 0 aromatic rings. The molecule has 1 rings (SSSR count). The number of nitrogens with zero attached hydrogens (tertiary/aromatic N) is 1. The smallest absolute Gasteiger partial charge is 0.309 e. The van der Waals surface area contributed by atoms with E-state index in [9.17, 15) is 18.0 Å². The molecule has 0 saturated carbocycles. The zero-order valence-corrected chi connectivity index (χ0v) is 13.8. The maximum absolute atomic E-state index is 12.3. The topological polar surface area (TPSA) is 80.8 Å². The molecule has 7 heteroatoms. The van der Waals surface area contributed by atoms with Gasteiger partial charge in [-0.3, -0.25) is 9.59 Å². The van der Waals surface area contributed by atoms with Crippen molar-refractivity contribution in [1.82, 2.24) is 4.90 Å². The summed E-state index contributed by atoms with van der Waals surface area (Å²) in [7, 11) is -2.45. The van der Waals surface area contributed by atoms with Gasteiger partial charge < -0.3 is 9.64 Å². The van der Waals surface area contributed by atoms with Gasteiger partial charge in [-0.15, -0.1) is 0 Å². The summed E-state index contributed by atoms with van der Waals surface area (Å²) in [5.74, 6) is -2.05. The number of carbonyl (C=O) groups excluding carboxylic acids is 2. The Morgan fingerprint density at radius 3 is 2.10 bits per heavy atom. The fourth-order valence-corrected chi connectivity index (χ4v) is 4.04. The minimum Gasteiger partial charge on any atom is -0.469 e. The molecule has 0 aromatic carbocycles. The molecule has 1 fully saturated rings. The summed E-state index contributed by atoms with van der Waals surface area (Å²) >= 11 is 0. The summed E-state index contributed by atoms with van der Waals surface area (Å²) in [6.07, 6.45) is 3.97. The summed E-state index contributed by atoms with van der Waals surface area (Å²) in [6, 6.07) is 0. The summed E-state index contributed by atoms with van der Waals surface area (Å²) in [5.41, 5.74) is 0. The van der Waals surface area contributed by atoms with Crippen molar-refractivity contribution in [3.8, 4) is 0 Å². The van der Waals surface area contributed by atoms with E-state index in [1.807, 2.05) is 0 Å². The average molecular weight is 319 g/mol. The minimum absolute atomic E-state index is 0.353. The van der Waals surface area contributed by atoms with Crippen molar-refractivity contribution in [2.75, 3.05) is 26.0 Å². The second kappa shape index (κ2) is 7.77. The van der Waals surface area contributed by atoms with Gasteiger partial charge in [0.25, 0.3) is 0 Å². The number of methoxy groups -OCH3 is 1. The van der Waals surface area contributed by atoms with Crippen LogP contribution in [0.1, 0.15) is 39.5 Å². The Morgan fingerprint density at radius 1 is 1.10 bits per heavy atom. The van der Waals surface area contributed by atoms with Gasteiger partial charge >= 0.3 is 5.97 Å². The second-order valence-electron chi connectivity index (χ2n) is 5.64. The lowest BCUT2D eigenvalue weighted by Crippen LogP contribution is -2.43. The first kappa shape index (κ1) is 17.9. The normalized spacial score (nSPS) is 19.5. The zero-order chi connectivity index (χ0) is 16.0. The van der Waals surface area contributed by atoms with Crippen molar-refractivity contribution in [3.63, 3.8) is 0 Å². The lowest BCUT2D eigenvalue weighted by atomic mass is 10.2. The minimum atomic E-state index is -3.67. The third-order valence-electron chi connectivity index (χ3n) is 3.89. The van der Waals surface area contributed by atoms with Gasteiger partial charge in [-0.25, -0.2) is 8.42 Å². The molecule has 1 aliphatic heterocycles. The van der Waals surface area contributed by atoms with Crippen LogP contribution in [0.3, 0.4) is 0 Å². The number of esters is 1. The van der Waals surface area contributed by atoms with Crippen molar-refractivity contribution in [3.05, 3.63) is 0 Å². The number of hydrogen-bond donors (Lipinski definition) is 0. The van der Waals surface area contributed by atoms with Crippen molar-refractivity contribution in [2.45, 2.75) is 44.8 Å². The van der Waals surface area contributed by atoms with E-state index in [2.05, 4.69) is 4.74 Å². The molecule has 1 saturated heterocycles. The highest BCUT2D eigenvalue weighted by molar-refractivity contribution is 7.92. The molecule has 0 aromatic heterocycles. The van der Waals surface area contributed by atoms with Crippen LogP contribution in [0.2, 0.25) is 0 Å². The number of ether oxygens (including phenoxy) is 1. The number of hydrogen-bond acceptors (Lipinski definition) is 5. The Labute approximate surface area is 126 Å². The van der Waals surface area contributed by atoms with Gasteiger partial charge in [-0.05, 0) is 19.8 Å². The van der Waals surface area contributed by atoms with Gasteiger partial charge in [-0.2, -0.15) is 0 Å². The molecule has 2 unspecified atom stereocenters. The summed E-state index contributed by atoms with van der Waals surface area (Å²) < 4.78 is 29.1. The first-order chi connectivity index (χ1) is 9.79. The molecule has 0 N–H and O–H groups in total. The molecule has 0 aliphatic carbocycles. The number of sulfone groups is 1. The van der Waals surface area contributed by atoms with Crippen molar-refractivity contribution in [2.24, 2.45) is 5.92 Å². The number of carbonyl (C=O) groups is 2. The third kappa shape index (κ3) is 4.98. The van der Waals surface area contributed by atoms with Crippen LogP contribution in [-0.4, -0.2) is 56.4 Å². The van der Waals surface area contributed by atoms with E-state index in [1.54, 1.807) is 4.90 Å². The maximum atomic E-state index is 12.3. The van der Waals surface area contributed by atoms with Crippen molar-refractivity contribution < 1.29 is 22.7 Å². The van der Waals surface area contributed by atoms with Crippen LogP contribution in [0, 0.1) is 5.92 Å². The van der Waals surface area contributed by atoms with Crippen LogP contribution < -0.4 is 0 Å². The van der Waals surface area contributed by atoms with Crippen molar-refractivity contribution >= 4 is 21.7 Å². The monoisotopic (exact) mass is 319 g/mol. The lowest BCUT2D eigenvalue weighted by molar-refractivity contribution is -0.144. The second-order valence-corrected chi connectivity index (χ2v) is 8.00. The van der Waals surface area contributed by atoms with Gasteiger partial charge in [0, 0.05) is 13.1 Å². The van der Waals surface area contributed by atoms with Crippen LogP contribution >= 0.6 is 0 Å². The average Bonchev–Trinajstić information content (AvgIpc) is 2.73. The molecule has 122 valence electrons. The highest BCUT2D eigenvalue weighted by Crippen LogP contribution is 2.16. The Bertz CT molecular complexity index is 466. The molecular weight excluding hydrogens is 294 g/mol. The maximum Gasteiger partial charge on any atom is 0.309 e. The fourth-order valence-electron chi connectivity index (χ4n) is 2.46. The van der Waals surface area contributed by atoms with Crippen LogP contribution in [0.15, 0.2) is 0 Å². The zero-order valence-electron chi connectivity index (χ0n) is 13.0. The highest BCUT2D eigenvalue weighted by atomic mass is 32.2. The predicted octanol–water partition coefficient (Wildman–Crippen LogP) is 1.00. The van der Waals surface area contributed by atoms with E-state index in [0.29, 0.717) is 13.1 Å². The van der Waals surface area contributed by atoms with Gasteiger partial charge in [0.15, 0.2) is 9.84 Å². The molecule has 2 atom stereocenters. The van der Waals surface area contributed by atoms with Crippen LogP contribution in [0.25, 0.3) is 0 Å². The predicted molar refractivity (Wildman–Crippen MR) is 79.5 cm³/mol. The Balaban J connectivity index is 2.72.